The van der Waals surface area contributed by atoms with Gasteiger partial charge in [-0.25, -0.2) is 4.98 Å². The van der Waals surface area contributed by atoms with Gasteiger partial charge in [0.2, 0.25) is 5.88 Å². The van der Waals surface area contributed by atoms with Crippen LogP contribution in [0.25, 0.3) is 0 Å². The first-order valence-corrected chi connectivity index (χ1v) is 3.97. The van der Waals surface area contributed by atoms with Crippen molar-refractivity contribution in [1.29, 1.82) is 5.26 Å². The molecule has 0 aliphatic carbocycles. The van der Waals surface area contributed by atoms with Gasteiger partial charge < -0.3 is 4.74 Å². The maximum atomic E-state index is 11.9. The molecule has 0 atom stereocenters. The molecular weight excluding hydrogens is 209 g/mol. The van der Waals surface area contributed by atoms with Crippen LogP contribution in [-0.2, 0) is 0 Å². The van der Waals surface area contributed by atoms with Crippen molar-refractivity contribution in [2.24, 2.45) is 0 Å². The van der Waals surface area contributed by atoms with Gasteiger partial charge in [-0.2, -0.15) is 5.26 Å². The van der Waals surface area contributed by atoms with Crippen LogP contribution >= 0.6 is 0 Å². The number of aryl methyl sites for hydroxylation is 2. The normalized spacial score (nSPS) is 10.9. The van der Waals surface area contributed by atoms with E-state index in [1.807, 2.05) is 0 Å². The molecular formula is C9H7F3N2O. The Labute approximate surface area is 84.1 Å². The lowest BCUT2D eigenvalue weighted by Crippen LogP contribution is -2.19. The number of hydrogen-bond acceptors (Lipinski definition) is 3. The summed E-state index contributed by atoms with van der Waals surface area (Å²) in [7, 11) is 0. The summed E-state index contributed by atoms with van der Waals surface area (Å²) in [6.45, 7) is 3.19. The third-order valence-electron chi connectivity index (χ3n) is 1.76. The second kappa shape index (κ2) is 3.77. The Hall–Kier alpha value is -1.77. The van der Waals surface area contributed by atoms with E-state index in [0.29, 0.717) is 11.3 Å². The van der Waals surface area contributed by atoms with Crippen molar-refractivity contribution in [1.82, 2.24) is 4.98 Å². The van der Waals surface area contributed by atoms with Gasteiger partial charge in [-0.05, 0) is 25.5 Å². The van der Waals surface area contributed by atoms with E-state index in [-0.39, 0.29) is 5.56 Å². The molecule has 0 unspecified atom stereocenters. The summed E-state index contributed by atoms with van der Waals surface area (Å²) in [6.07, 6.45) is -4.83. The Morgan fingerprint density at radius 1 is 1.40 bits per heavy atom. The zero-order chi connectivity index (χ0) is 11.6. The molecule has 0 aliphatic rings. The molecule has 1 aromatic heterocycles. The number of pyridine rings is 1. The Morgan fingerprint density at radius 3 is 2.47 bits per heavy atom. The Balaban J connectivity index is 3.18. The van der Waals surface area contributed by atoms with Gasteiger partial charge in [0.25, 0.3) is 0 Å². The first kappa shape index (κ1) is 11.3. The van der Waals surface area contributed by atoms with E-state index in [0.717, 1.165) is 0 Å². The summed E-state index contributed by atoms with van der Waals surface area (Å²) < 4.78 is 39.4. The van der Waals surface area contributed by atoms with Crippen LogP contribution in [0, 0.1) is 25.2 Å². The molecule has 80 valence electrons. The fourth-order valence-corrected chi connectivity index (χ4v) is 0.951. The van der Waals surface area contributed by atoms with Crippen molar-refractivity contribution in [3.05, 3.63) is 22.9 Å². The zero-order valence-corrected chi connectivity index (χ0v) is 8.01. The topological polar surface area (TPSA) is 45.9 Å². The van der Waals surface area contributed by atoms with Crippen LogP contribution in [0.15, 0.2) is 6.07 Å². The predicted octanol–water partition coefficient (Wildman–Crippen LogP) is 2.47. The number of nitrogens with zero attached hydrogens (tertiary/aromatic N) is 2. The number of nitriles is 1. The van der Waals surface area contributed by atoms with Gasteiger partial charge >= 0.3 is 6.36 Å². The highest BCUT2D eigenvalue weighted by Crippen LogP contribution is 2.25. The number of rotatable bonds is 1. The van der Waals surface area contributed by atoms with Crippen LogP contribution in [0.5, 0.6) is 5.88 Å². The van der Waals surface area contributed by atoms with Crippen molar-refractivity contribution < 1.29 is 17.9 Å². The van der Waals surface area contributed by atoms with Gasteiger partial charge in [-0.3, -0.25) is 0 Å². The number of alkyl halides is 3. The summed E-state index contributed by atoms with van der Waals surface area (Å²) in [5.41, 5.74) is 0.810. The molecule has 0 saturated heterocycles. The number of aromatic nitrogens is 1. The van der Waals surface area contributed by atoms with Crippen molar-refractivity contribution in [3.63, 3.8) is 0 Å². The highest BCUT2D eigenvalue weighted by molar-refractivity contribution is 5.42. The first-order valence-electron chi connectivity index (χ1n) is 3.97. The fourth-order valence-electron chi connectivity index (χ4n) is 0.951. The van der Waals surface area contributed by atoms with Crippen molar-refractivity contribution in [2.45, 2.75) is 20.2 Å². The van der Waals surface area contributed by atoms with E-state index >= 15 is 0 Å². The number of hydrogen-bond donors (Lipinski definition) is 0. The molecule has 1 rings (SSSR count). The molecule has 0 aromatic carbocycles. The summed E-state index contributed by atoms with van der Waals surface area (Å²) in [5, 5.41) is 8.59. The molecule has 0 saturated carbocycles. The van der Waals surface area contributed by atoms with Crippen molar-refractivity contribution in [2.75, 3.05) is 0 Å². The molecule has 0 radical (unpaired) electrons. The molecule has 0 spiro atoms. The molecule has 0 aliphatic heterocycles. The standard InChI is InChI=1S/C9H7F3N2O/c1-5-3-7(4-13)8(14-6(5)2)15-9(10,11)12/h3H,1-2H3. The van der Waals surface area contributed by atoms with Gasteiger partial charge in [0.05, 0.1) is 0 Å². The van der Waals surface area contributed by atoms with Crippen LogP contribution in [0.4, 0.5) is 13.2 Å². The molecule has 6 heteroatoms. The van der Waals surface area contributed by atoms with E-state index in [1.165, 1.54) is 6.07 Å². The van der Waals surface area contributed by atoms with Crippen molar-refractivity contribution >= 4 is 0 Å². The second-order valence-electron chi connectivity index (χ2n) is 2.90. The predicted molar refractivity (Wildman–Crippen MR) is 45.1 cm³/mol. The van der Waals surface area contributed by atoms with Gasteiger partial charge in [-0.15, -0.1) is 13.2 Å². The molecule has 3 nitrogen and oxygen atoms in total. The summed E-state index contributed by atoms with van der Waals surface area (Å²) >= 11 is 0. The van der Waals surface area contributed by atoms with E-state index in [4.69, 9.17) is 5.26 Å². The van der Waals surface area contributed by atoms with E-state index in [9.17, 15) is 13.2 Å². The molecule has 0 N–H and O–H groups in total. The Bertz CT molecular complexity index is 421. The van der Waals surface area contributed by atoms with Crippen LogP contribution in [0.3, 0.4) is 0 Å². The maximum absolute atomic E-state index is 11.9. The second-order valence-corrected chi connectivity index (χ2v) is 2.90. The van der Waals surface area contributed by atoms with Gasteiger partial charge in [0.1, 0.15) is 11.6 Å². The minimum atomic E-state index is -4.83. The first-order chi connectivity index (χ1) is 6.83. The molecule has 15 heavy (non-hydrogen) atoms. The Morgan fingerprint density at radius 2 is 2.00 bits per heavy atom. The summed E-state index contributed by atoms with van der Waals surface area (Å²) in [5.74, 6) is -0.701. The summed E-state index contributed by atoms with van der Waals surface area (Å²) in [4.78, 5) is 3.56. The number of halogens is 3. The fraction of sp³-hybridized carbons (Fsp3) is 0.333. The van der Waals surface area contributed by atoms with E-state index in [1.54, 1.807) is 19.9 Å². The Kier molecular flexibility index (Phi) is 2.84. The van der Waals surface area contributed by atoms with Gasteiger partial charge in [0.15, 0.2) is 0 Å². The monoisotopic (exact) mass is 216 g/mol. The third kappa shape index (κ3) is 2.84. The highest BCUT2D eigenvalue weighted by atomic mass is 19.4. The van der Waals surface area contributed by atoms with E-state index < -0.39 is 12.2 Å². The summed E-state index contributed by atoms with van der Waals surface area (Å²) in [6, 6.07) is 2.91. The average Bonchev–Trinajstić information content (AvgIpc) is 2.08. The highest BCUT2D eigenvalue weighted by Gasteiger charge is 2.33. The van der Waals surface area contributed by atoms with Crippen LogP contribution in [-0.4, -0.2) is 11.3 Å². The molecule has 0 fully saturated rings. The molecule has 1 aromatic rings. The van der Waals surface area contributed by atoms with Gasteiger partial charge in [-0.1, -0.05) is 0 Å². The van der Waals surface area contributed by atoms with Crippen LogP contribution < -0.4 is 4.74 Å². The third-order valence-corrected chi connectivity index (χ3v) is 1.76. The zero-order valence-electron chi connectivity index (χ0n) is 8.01. The minimum absolute atomic E-state index is 0.226. The van der Waals surface area contributed by atoms with E-state index in [2.05, 4.69) is 9.72 Å². The minimum Gasteiger partial charge on any atom is -0.386 e. The molecule has 0 amide bonds. The number of ether oxygens (including phenoxy) is 1. The van der Waals surface area contributed by atoms with Crippen molar-refractivity contribution in [3.8, 4) is 11.9 Å². The lowest BCUT2D eigenvalue weighted by Gasteiger charge is -2.10. The van der Waals surface area contributed by atoms with Crippen LogP contribution in [0.1, 0.15) is 16.8 Å². The maximum Gasteiger partial charge on any atom is 0.574 e. The SMILES string of the molecule is Cc1cc(C#N)c(OC(F)(F)F)nc1C. The molecule has 1 heterocycles. The average molecular weight is 216 g/mol. The lowest BCUT2D eigenvalue weighted by molar-refractivity contribution is -0.276. The van der Waals surface area contributed by atoms with Gasteiger partial charge in [0, 0.05) is 5.69 Å². The quantitative estimate of drug-likeness (QED) is 0.724. The largest absolute Gasteiger partial charge is 0.574 e. The molecule has 0 bridgehead atoms. The smallest absolute Gasteiger partial charge is 0.386 e. The van der Waals surface area contributed by atoms with Crippen LogP contribution in [0.2, 0.25) is 0 Å². The lowest BCUT2D eigenvalue weighted by atomic mass is 10.2.